The summed E-state index contributed by atoms with van der Waals surface area (Å²) >= 11 is 1.97. The molecule has 0 radical (unpaired) electrons. The minimum absolute atomic E-state index is 0.0198. The predicted octanol–water partition coefficient (Wildman–Crippen LogP) is 2.04. The summed E-state index contributed by atoms with van der Waals surface area (Å²) in [5, 5.41) is 1.51. The van der Waals surface area contributed by atoms with Gasteiger partial charge in [0.2, 0.25) is 0 Å². The molecule has 0 saturated carbocycles. The Hall–Kier alpha value is 0.509. The molecule has 0 spiro atoms. The zero-order valence-corrected chi connectivity index (χ0v) is 12.1. The summed E-state index contributed by atoms with van der Waals surface area (Å²) in [5.41, 5.74) is 0. The van der Waals surface area contributed by atoms with Crippen molar-refractivity contribution in [2.75, 3.05) is 6.61 Å². The van der Waals surface area contributed by atoms with Crippen molar-refractivity contribution in [2.45, 2.75) is 49.2 Å². The van der Waals surface area contributed by atoms with Gasteiger partial charge >= 0.3 is 97.5 Å². The first kappa shape index (κ1) is 12.6. The van der Waals surface area contributed by atoms with Crippen LogP contribution >= 0.6 is 0 Å². The van der Waals surface area contributed by atoms with Gasteiger partial charge in [0.25, 0.3) is 0 Å². The molecule has 0 aromatic heterocycles. The van der Waals surface area contributed by atoms with E-state index in [0.29, 0.717) is 13.0 Å². The second kappa shape index (κ2) is 7.76. The molecule has 1 atom stereocenters. The average Bonchev–Trinajstić information content (AvgIpc) is 2.65. The van der Waals surface area contributed by atoms with Gasteiger partial charge in [0.05, 0.1) is 0 Å². The molecule has 1 saturated heterocycles. The monoisotopic (exact) mass is 330 g/mol. The Morgan fingerprint density at radius 3 is 3.00 bits per heavy atom. The van der Waals surface area contributed by atoms with E-state index in [0.717, 1.165) is 37.5 Å². The van der Waals surface area contributed by atoms with Gasteiger partial charge in [-0.25, -0.2) is 0 Å². The van der Waals surface area contributed by atoms with Crippen molar-refractivity contribution in [3.8, 4) is 0 Å². The number of hydrogen-bond donors (Lipinski definition) is 0. The van der Waals surface area contributed by atoms with Gasteiger partial charge in [0.1, 0.15) is 0 Å². The third-order valence-electron chi connectivity index (χ3n) is 2.19. The van der Waals surface area contributed by atoms with E-state index < -0.39 is 0 Å². The van der Waals surface area contributed by atoms with Gasteiger partial charge in [-0.15, -0.1) is 0 Å². The molecule has 1 fully saturated rings. The Bertz CT molecular complexity index is 168. The SMILES string of the molecule is CCOC(=O)CCCCC1CC[Se][Se]1. The normalized spacial score (nSPS) is 21.1. The molecule has 0 amide bonds. The second-order valence-electron chi connectivity index (χ2n) is 3.38. The zero-order valence-electron chi connectivity index (χ0n) is 8.66. The van der Waals surface area contributed by atoms with E-state index in [4.69, 9.17) is 4.74 Å². The van der Waals surface area contributed by atoms with Crippen molar-refractivity contribution in [1.29, 1.82) is 0 Å². The van der Waals surface area contributed by atoms with E-state index in [2.05, 4.69) is 0 Å². The van der Waals surface area contributed by atoms with Crippen LogP contribution in [-0.4, -0.2) is 38.8 Å². The summed E-state index contributed by atoms with van der Waals surface area (Å²) in [4.78, 5) is 12.1. The number of ether oxygens (including phenoxy) is 1. The van der Waals surface area contributed by atoms with Crippen LogP contribution in [0.4, 0.5) is 0 Å². The molecule has 1 unspecified atom stereocenters. The Kier molecular flexibility index (Phi) is 6.97. The molecule has 0 aromatic carbocycles. The summed E-state index contributed by atoms with van der Waals surface area (Å²) in [5.74, 6) is -0.0198. The predicted molar refractivity (Wildman–Crippen MR) is 59.8 cm³/mol. The van der Waals surface area contributed by atoms with E-state index in [1.54, 1.807) is 0 Å². The van der Waals surface area contributed by atoms with E-state index >= 15 is 0 Å². The summed E-state index contributed by atoms with van der Waals surface area (Å²) in [7, 11) is 0. The summed E-state index contributed by atoms with van der Waals surface area (Å²) in [6.07, 6.45) is 5.71. The van der Waals surface area contributed by atoms with Gasteiger partial charge in [-0.3, -0.25) is 0 Å². The molecule has 0 aromatic rings. The maximum absolute atomic E-state index is 11.0. The Labute approximate surface area is 97.4 Å². The van der Waals surface area contributed by atoms with Crippen molar-refractivity contribution in [1.82, 2.24) is 0 Å². The second-order valence-corrected chi connectivity index (χ2v) is 11.2. The van der Waals surface area contributed by atoms with Crippen LogP contribution in [0, 0.1) is 0 Å². The number of rotatable bonds is 6. The quantitative estimate of drug-likeness (QED) is 0.424. The molecule has 82 valence electrons. The molecule has 2 nitrogen and oxygen atoms in total. The molecule has 0 bridgehead atoms. The molecule has 1 aliphatic rings. The number of carbonyl (C=O) groups excluding carboxylic acids is 1. The molecule has 0 N–H and O–H groups in total. The first-order chi connectivity index (χ1) is 6.83. The van der Waals surface area contributed by atoms with Gasteiger partial charge in [-0.1, -0.05) is 0 Å². The van der Waals surface area contributed by atoms with Crippen LogP contribution < -0.4 is 0 Å². The fraction of sp³-hybridized carbons (Fsp3) is 0.900. The number of carbonyl (C=O) groups is 1. The van der Waals surface area contributed by atoms with E-state index in [9.17, 15) is 4.79 Å². The Morgan fingerprint density at radius 2 is 2.36 bits per heavy atom. The summed E-state index contributed by atoms with van der Waals surface area (Å²) in [6.45, 7) is 2.38. The van der Waals surface area contributed by atoms with Gasteiger partial charge in [-0.2, -0.15) is 0 Å². The third-order valence-corrected chi connectivity index (χ3v) is 11.1. The molecule has 14 heavy (non-hydrogen) atoms. The molecule has 1 heterocycles. The Balaban J connectivity index is 1.90. The van der Waals surface area contributed by atoms with Crippen LogP contribution in [0.5, 0.6) is 0 Å². The fourth-order valence-electron chi connectivity index (χ4n) is 1.44. The molecule has 1 aliphatic heterocycles. The third kappa shape index (κ3) is 5.40. The molecular weight excluding hydrogens is 310 g/mol. The van der Waals surface area contributed by atoms with Gasteiger partial charge in [0, 0.05) is 0 Å². The number of esters is 1. The maximum atomic E-state index is 11.0. The summed E-state index contributed by atoms with van der Waals surface area (Å²) in [6, 6.07) is 0. The standard InChI is InChI=1S/C10H18O2Se2/c1-2-12-10(11)6-4-3-5-9-7-8-13-14-9/h9H,2-8H2,1H3. The molecular formula is C10H18O2Se2. The van der Waals surface area contributed by atoms with Crippen LogP contribution in [0.1, 0.15) is 39.0 Å². The van der Waals surface area contributed by atoms with Crippen LogP contribution in [0.3, 0.4) is 0 Å². The first-order valence-electron chi connectivity index (χ1n) is 5.27. The van der Waals surface area contributed by atoms with E-state index in [-0.39, 0.29) is 5.97 Å². The van der Waals surface area contributed by atoms with Crippen molar-refractivity contribution < 1.29 is 9.53 Å². The minimum atomic E-state index is -0.0198. The van der Waals surface area contributed by atoms with E-state index in [1.165, 1.54) is 24.6 Å². The topological polar surface area (TPSA) is 26.3 Å². The van der Waals surface area contributed by atoms with Crippen molar-refractivity contribution in [3.63, 3.8) is 0 Å². The number of hydrogen-bond acceptors (Lipinski definition) is 2. The molecule has 4 heteroatoms. The summed E-state index contributed by atoms with van der Waals surface area (Å²) < 4.78 is 4.88. The first-order valence-corrected chi connectivity index (χ1v) is 11.8. The van der Waals surface area contributed by atoms with Crippen molar-refractivity contribution in [3.05, 3.63) is 0 Å². The van der Waals surface area contributed by atoms with Crippen LogP contribution in [-0.2, 0) is 9.53 Å². The zero-order chi connectivity index (χ0) is 10.2. The van der Waals surface area contributed by atoms with Crippen LogP contribution in [0.25, 0.3) is 0 Å². The van der Waals surface area contributed by atoms with Crippen LogP contribution in [0.2, 0.25) is 10.1 Å². The fourth-order valence-corrected chi connectivity index (χ4v) is 10.9. The van der Waals surface area contributed by atoms with Gasteiger partial charge in [-0.05, 0) is 0 Å². The van der Waals surface area contributed by atoms with Crippen molar-refractivity contribution in [2.24, 2.45) is 0 Å². The van der Waals surface area contributed by atoms with Crippen molar-refractivity contribution >= 4 is 32.2 Å². The van der Waals surface area contributed by atoms with Gasteiger partial charge < -0.3 is 0 Å². The number of unbranched alkanes of at least 4 members (excludes halogenated alkanes) is 1. The van der Waals surface area contributed by atoms with Crippen LogP contribution in [0.15, 0.2) is 0 Å². The Morgan fingerprint density at radius 1 is 1.50 bits per heavy atom. The molecule has 0 aliphatic carbocycles. The molecule has 1 rings (SSSR count). The average molecular weight is 328 g/mol. The van der Waals surface area contributed by atoms with Gasteiger partial charge in [0.15, 0.2) is 0 Å². The van der Waals surface area contributed by atoms with E-state index in [1.807, 2.05) is 6.92 Å².